The SMILES string of the molecule is CC(C)CCCCCCCCCCCCCCCCC(=O)OC[C@@H](COC(=O)CCCCCCCCCCCCCCCC(C)C)OC(=O)CCCCCCCCCCC(C)C. The second-order valence-corrected chi connectivity index (χ2v) is 20.6. The van der Waals surface area contributed by atoms with Crippen LogP contribution in [0.2, 0.25) is 0 Å². The van der Waals surface area contributed by atoms with Crippen molar-refractivity contribution in [3.63, 3.8) is 0 Å². The summed E-state index contributed by atoms with van der Waals surface area (Å²) in [5.74, 6) is 1.63. The van der Waals surface area contributed by atoms with Gasteiger partial charge in [-0.1, -0.05) is 266 Å². The van der Waals surface area contributed by atoms with Gasteiger partial charge in [0.05, 0.1) is 0 Å². The second-order valence-electron chi connectivity index (χ2n) is 20.6. The van der Waals surface area contributed by atoms with E-state index in [1.54, 1.807) is 0 Å². The summed E-state index contributed by atoms with van der Waals surface area (Å²) < 4.78 is 16.8. The lowest BCUT2D eigenvalue weighted by Gasteiger charge is -2.18. The van der Waals surface area contributed by atoms with Gasteiger partial charge in [0.1, 0.15) is 13.2 Å². The largest absolute Gasteiger partial charge is 0.462 e. The molecule has 1 atom stereocenters. The third-order valence-corrected chi connectivity index (χ3v) is 12.6. The first kappa shape index (κ1) is 60.4. The minimum Gasteiger partial charge on any atom is -0.462 e. The van der Waals surface area contributed by atoms with Crippen molar-refractivity contribution in [1.82, 2.24) is 0 Å². The molecule has 0 heterocycles. The number of carbonyl (C=O) groups excluding carboxylic acids is 3. The number of esters is 3. The number of hydrogen-bond acceptors (Lipinski definition) is 6. The number of unbranched alkanes of at least 4 members (excludes halogenated alkanes) is 32. The van der Waals surface area contributed by atoms with E-state index in [1.807, 2.05) is 0 Å². The number of rotatable bonds is 49. The summed E-state index contributed by atoms with van der Waals surface area (Å²) >= 11 is 0. The van der Waals surface area contributed by atoms with Crippen LogP contribution in [0.1, 0.15) is 305 Å². The highest BCUT2D eigenvalue weighted by Crippen LogP contribution is 2.18. The van der Waals surface area contributed by atoms with E-state index < -0.39 is 6.10 Å². The Bertz CT molecular complexity index is 960. The average molecular weight is 877 g/mol. The van der Waals surface area contributed by atoms with E-state index in [1.165, 1.54) is 186 Å². The van der Waals surface area contributed by atoms with Crippen LogP contribution in [0, 0.1) is 17.8 Å². The minimum absolute atomic E-state index is 0.0644. The Hall–Kier alpha value is -1.59. The first-order valence-electron chi connectivity index (χ1n) is 27.6. The lowest BCUT2D eigenvalue weighted by atomic mass is 10.0. The summed E-state index contributed by atoms with van der Waals surface area (Å²) in [4.78, 5) is 38.0. The maximum Gasteiger partial charge on any atom is 0.306 e. The Morgan fingerprint density at radius 1 is 0.274 bits per heavy atom. The van der Waals surface area contributed by atoms with E-state index in [9.17, 15) is 14.4 Å². The minimum atomic E-state index is -0.763. The van der Waals surface area contributed by atoms with Crippen molar-refractivity contribution in [3.05, 3.63) is 0 Å². The molecule has 0 aromatic heterocycles. The molecular formula is C56H108O6. The lowest BCUT2D eigenvalue weighted by molar-refractivity contribution is -0.167. The third kappa shape index (κ3) is 49.4. The zero-order valence-corrected chi connectivity index (χ0v) is 42.7. The van der Waals surface area contributed by atoms with Crippen molar-refractivity contribution < 1.29 is 28.6 Å². The molecule has 0 aliphatic carbocycles. The molecule has 0 aromatic rings. The Balaban J connectivity index is 4.27. The van der Waals surface area contributed by atoms with Crippen LogP contribution in [0.3, 0.4) is 0 Å². The van der Waals surface area contributed by atoms with Crippen LogP contribution < -0.4 is 0 Å². The fourth-order valence-electron chi connectivity index (χ4n) is 8.47. The van der Waals surface area contributed by atoms with Crippen LogP contribution >= 0.6 is 0 Å². The summed E-state index contributed by atoms with van der Waals surface area (Å²) in [6.07, 6.45) is 48.1. The normalized spacial score (nSPS) is 12.1. The molecule has 6 nitrogen and oxygen atoms in total. The molecule has 0 aliphatic heterocycles. The highest BCUT2D eigenvalue weighted by Gasteiger charge is 2.19. The molecule has 0 aliphatic rings. The topological polar surface area (TPSA) is 78.9 Å². The Kier molecular flexibility index (Phi) is 46.2. The maximum atomic E-state index is 12.8. The maximum absolute atomic E-state index is 12.8. The molecule has 62 heavy (non-hydrogen) atoms. The van der Waals surface area contributed by atoms with Crippen molar-refractivity contribution >= 4 is 17.9 Å². The van der Waals surface area contributed by atoms with Crippen LogP contribution in [-0.4, -0.2) is 37.2 Å². The van der Waals surface area contributed by atoms with E-state index in [0.717, 1.165) is 75.5 Å². The van der Waals surface area contributed by atoms with E-state index in [-0.39, 0.29) is 31.1 Å². The number of ether oxygens (including phenoxy) is 3. The molecule has 0 spiro atoms. The number of carbonyl (C=O) groups is 3. The molecule has 0 N–H and O–H groups in total. The van der Waals surface area contributed by atoms with E-state index in [4.69, 9.17) is 14.2 Å². The van der Waals surface area contributed by atoms with Gasteiger partial charge in [-0.25, -0.2) is 0 Å². The van der Waals surface area contributed by atoms with Crippen LogP contribution in [0.15, 0.2) is 0 Å². The highest BCUT2D eigenvalue weighted by atomic mass is 16.6. The van der Waals surface area contributed by atoms with Crippen LogP contribution in [0.25, 0.3) is 0 Å². The third-order valence-electron chi connectivity index (χ3n) is 12.6. The Morgan fingerprint density at radius 3 is 0.694 bits per heavy atom. The van der Waals surface area contributed by atoms with Gasteiger partial charge in [0.2, 0.25) is 0 Å². The fourth-order valence-corrected chi connectivity index (χ4v) is 8.47. The molecule has 0 fully saturated rings. The predicted molar refractivity (Wildman–Crippen MR) is 266 cm³/mol. The molecule has 0 bridgehead atoms. The molecular weight excluding hydrogens is 769 g/mol. The molecule has 6 heteroatoms. The summed E-state index contributed by atoms with van der Waals surface area (Å²) in [6, 6.07) is 0. The zero-order chi connectivity index (χ0) is 45.6. The fraction of sp³-hybridized carbons (Fsp3) is 0.946. The number of hydrogen-bond donors (Lipinski definition) is 0. The van der Waals surface area contributed by atoms with Crippen LogP contribution in [0.5, 0.6) is 0 Å². The van der Waals surface area contributed by atoms with Gasteiger partial charge in [-0.3, -0.25) is 14.4 Å². The standard InChI is InChI=1S/C56H108O6/c1-50(2)42-36-30-24-18-14-10-7-8-12-16-20-27-33-39-45-54(57)60-48-53(62-56(59)47-41-35-29-23-22-26-32-38-44-52(5)6)49-61-55(58)46-40-34-28-21-17-13-9-11-15-19-25-31-37-43-51(3)4/h50-53H,7-49H2,1-6H3/t53-/m0/s1. The van der Waals surface area contributed by atoms with Gasteiger partial charge in [-0.15, -0.1) is 0 Å². The zero-order valence-electron chi connectivity index (χ0n) is 42.7. The summed E-state index contributed by atoms with van der Waals surface area (Å²) in [6.45, 7) is 13.7. The van der Waals surface area contributed by atoms with E-state index in [0.29, 0.717) is 19.3 Å². The van der Waals surface area contributed by atoms with Crippen LogP contribution in [0.4, 0.5) is 0 Å². The average Bonchev–Trinajstić information content (AvgIpc) is 3.23. The summed E-state index contributed by atoms with van der Waals surface area (Å²) in [5, 5.41) is 0. The Labute approximate surface area is 387 Å². The molecule has 0 radical (unpaired) electrons. The van der Waals surface area contributed by atoms with Gasteiger partial charge in [0.15, 0.2) is 6.10 Å². The van der Waals surface area contributed by atoms with Crippen molar-refractivity contribution in [2.45, 2.75) is 311 Å². The second kappa shape index (κ2) is 47.4. The Morgan fingerprint density at radius 2 is 0.468 bits per heavy atom. The summed E-state index contributed by atoms with van der Waals surface area (Å²) in [7, 11) is 0. The molecule has 0 unspecified atom stereocenters. The van der Waals surface area contributed by atoms with Gasteiger partial charge in [-0.05, 0) is 37.0 Å². The van der Waals surface area contributed by atoms with Crippen molar-refractivity contribution in [3.8, 4) is 0 Å². The van der Waals surface area contributed by atoms with Gasteiger partial charge in [-0.2, -0.15) is 0 Å². The summed E-state index contributed by atoms with van der Waals surface area (Å²) in [5.41, 5.74) is 0. The monoisotopic (exact) mass is 877 g/mol. The van der Waals surface area contributed by atoms with Gasteiger partial charge < -0.3 is 14.2 Å². The predicted octanol–water partition coefficient (Wildman–Crippen LogP) is 17.9. The van der Waals surface area contributed by atoms with Crippen molar-refractivity contribution in [2.75, 3.05) is 13.2 Å². The molecule has 0 aromatic carbocycles. The van der Waals surface area contributed by atoms with Crippen molar-refractivity contribution in [2.24, 2.45) is 17.8 Å². The lowest BCUT2D eigenvalue weighted by Crippen LogP contribution is -2.30. The molecule has 0 saturated heterocycles. The first-order valence-corrected chi connectivity index (χ1v) is 27.6. The van der Waals surface area contributed by atoms with Crippen molar-refractivity contribution in [1.29, 1.82) is 0 Å². The molecule has 368 valence electrons. The van der Waals surface area contributed by atoms with E-state index >= 15 is 0 Å². The molecule has 0 saturated carbocycles. The molecule has 0 amide bonds. The van der Waals surface area contributed by atoms with Gasteiger partial charge >= 0.3 is 17.9 Å². The highest BCUT2D eigenvalue weighted by molar-refractivity contribution is 5.71. The smallest absolute Gasteiger partial charge is 0.306 e. The van der Waals surface area contributed by atoms with Gasteiger partial charge in [0.25, 0.3) is 0 Å². The van der Waals surface area contributed by atoms with Crippen LogP contribution in [-0.2, 0) is 28.6 Å². The van der Waals surface area contributed by atoms with E-state index in [2.05, 4.69) is 41.5 Å². The quantitative estimate of drug-likeness (QED) is 0.0344. The first-order chi connectivity index (χ1) is 30.1. The van der Waals surface area contributed by atoms with Gasteiger partial charge in [0, 0.05) is 19.3 Å². The molecule has 0 rings (SSSR count).